The van der Waals surface area contributed by atoms with Crippen LogP contribution in [-0.4, -0.2) is 74.4 Å². The van der Waals surface area contributed by atoms with E-state index in [1.807, 2.05) is 0 Å². The van der Waals surface area contributed by atoms with Crippen molar-refractivity contribution in [1.82, 2.24) is 15.1 Å². The lowest BCUT2D eigenvalue weighted by atomic mass is 10.2. The fourth-order valence-electron chi connectivity index (χ4n) is 3.47. The summed E-state index contributed by atoms with van der Waals surface area (Å²) in [6, 6.07) is 1.52. The van der Waals surface area contributed by atoms with E-state index in [1.54, 1.807) is 0 Å². The van der Waals surface area contributed by atoms with Crippen molar-refractivity contribution < 1.29 is 4.74 Å². The van der Waals surface area contributed by atoms with Crippen LogP contribution in [0.25, 0.3) is 0 Å². The predicted molar refractivity (Wildman–Crippen MR) is 77.4 cm³/mol. The van der Waals surface area contributed by atoms with Gasteiger partial charge in [0.1, 0.15) is 0 Å². The van der Waals surface area contributed by atoms with Crippen LogP contribution >= 0.6 is 0 Å². The smallest absolute Gasteiger partial charge is 0.0594 e. The third-order valence-electron chi connectivity index (χ3n) is 5.03. The molecule has 0 aromatic heterocycles. The summed E-state index contributed by atoms with van der Waals surface area (Å²) in [5.74, 6) is 0.972. The molecule has 2 aliphatic heterocycles. The zero-order chi connectivity index (χ0) is 13.1. The number of likely N-dealkylation sites (tertiary alicyclic amines) is 1. The highest BCUT2D eigenvalue weighted by atomic mass is 16.5. The van der Waals surface area contributed by atoms with Gasteiger partial charge in [-0.25, -0.2) is 0 Å². The van der Waals surface area contributed by atoms with Gasteiger partial charge in [-0.3, -0.25) is 4.90 Å². The average molecular weight is 267 g/mol. The molecule has 110 valence electrons. The van der Waals surface area contributed by atoms with Crippen molar-refractivity contribution in [2.45, 2.75) is 38.3 Å². The summed E-state index contributed by atoms with van der Waals surface area (Å²) >= 11 is 0. The Labute approximate surface area is 117 Å². The Hall–Kier alpha value is -0.160. The number of hydrogen-bond donors (Lipinski definition) is 1. The summed E-state index contributed by atoms with van der Waals surface area (Å²) in [5, 5.41) is 3.69. The molecule has 0 aromatic rings. The normalized spacial score (nSPS) is 31.7. The standard InChI is InChI=1S/C15H29N3O/c1-13(14-2-3-14)16-5-7-17-6-4-15(12-17)18-8-10-19-11-9-18/h13-16H,2-12H2,1H3. The van der Waals surface area contributed by atoms with Crippen LogP contribution in [0.2, 0.25) is 0 Å². The van der Waals surface area contributed by atoms with Gasteiger partial charge in [-0.1, -0.05) is 0 Å². The first-order valence-electron chi connectivity index (χ1n) is 8.10. The molecule has 3 aliphatic rings. The molecule has 0 amide bonds. The summed E-state index contributed by atoms with van der Waals surface area (Å²) in [6.45, 7) is 11.4. The summed E-state index contributed by atoms with van der Waals surface area (Å²) in [6.07, 6.45) is 4.23. The topological polar surface area (TPSA) is 27.7 Å². The minimum atomic E-state index is 0.734. The van der Waals surface area contributed by atoms with Gasteiger partial charge in [-0.2, -0.15) is 0 Å². The highest BCUT2D eigenvalue weighted by Crippen LogP contribution is 2.32. The lowest BCUT2D eigenvalue weighted by molar-refractivity contribution is 0.0185. The minimum Gasteiger partial charge on any atom is -0.379 e. The molecule has 0 spiro atoms. The maximum absolute atomic E-state index is 5.44. The van der Waals surface area contributed by atoms with Crippen molar-refractivity contribution in [1.29, 1.82) is 0 Å². The lowest BCUT2D eigenvalue weighted by Gasteiger charge is -2.32. The average Bonchev–Trinajstić information content (AvgIpc) is 3.20. The minimum absolute atomic E-state index is 0.734. The van der Waals surface area contributed by atoms with Crippen LogP contribution < -0.4 is 5.32 Å². The second-order valence-electron chi connectivity index (χ2n) is 6.47. The Morgan fingerprint density at radius 3 is 2.68 bits per heavy atom. The molecular weight excluding hydrogens is 238 g/mol. The van der Waals surface area contributed by atoms with E-state index in [-0.39, 0.29) is 0 Å². The SMILES string of the molecule is CC(NCCN1CCC(N2CCOCC2)C1)C1CC1. The molecule has 3 rings (SSSR count). The van der Waals surface area contributed by atoms with E-state index in [9.17, 15) is 0 Å². The number of nitrogens with zero attached hydrogens (tertiary/aromatic N) is 2. The fourth-order valence-corrected chi connectivity index (χ4v) is 3.47. The third-order valence-corrected chi connectivity index (χ3v) is 5.03. The number of ether oxygens (including phenoxy) is 1. The zero-order valence-corrected chi connectivity index (χ0v) is 12.3. The molecule has 3 fully saturated rings. The maximum atomic E-state index is 5.44. The first kappa shape index (κ1) is 13.8. The second kappa shape index (κ2) is 6.53. The van der Waals surface area contributed by atoms with Crippen molar-refractivity contribution in [2.75, 3.05) is 52.5 Å². The predicted octanol–water partition coefficient (Wildman–Crippen LogP) is 0.781. The molecule has 1 saturated carbocycles. The molecule has 2 atom stereocenters. The van der Waals surface area contributed by atoms with Gasteiger partial charge in [0, 0.05) is 44.8 Å². The molecule has 4 heteroatoms. The van der Waals surface area contributed by atoms with E-state index in [0.29, 0.717) is 0 Å². The summed E-state index contributed by atoms with van der Waals surface area (Å²) < 4.78 is 5.44. The van der Waals surface area contributed by atoms with Gasteiger partial charge < -0.3 is 15.0 Å². The first-order valence-corrected chi connectivity index (χ1v) is 8.10. The van der Waals surface area contributed by atoms with Crippen LogP contribution in [0.15, 0.2) is 0 Å². The summed E-state index contributed by atoms with van der Waals surface area (Å²) in [7, 11) is 0. The molecule has 19 heavy (non-hydrogen) atoms. The van der Waals surface area contributed by atoms with Gasteiger partial charge in [-0.15, -0.1) is 0 Å². The van der Waals surface area contributed by atoms with Gasteiger partial charge in [0.05, 0.1) is 13.2 Å². The number of morpholine rings is 1. The number of rotatable bonds is 6. The molecule has 2 heterocycles. The maximum Gasteiger partial charge on any atom is 0.0594 e. The Morgan fingerprint density at radius 1 is 1.16 bits per heavy atom. The number of hydrogen-bond acceptors (Lipinski definition) is 4. The van der Waals surface area contributed by atoms with E-state index in [1.165, 1.54) is 38.9 Å². The lowest BCUT2D eigenvalue weighted by Crippen LogP contribution is -2.45. The van der Waals surface area contributed by atoms with E-state index in [0.717, 1.165) is 50.8 Å². The van der Waals surface area contributed by atoms with Crippen molar-refractivity contribution >= 4 is 0 Å². The van der Waals surface area contributed by atoms with E-state index < -0.39 is 0 Å². The first-order chi connectivity index (χ1) is 9.33. The van der Waals surface area contributed by atoms with Crippen molar-refractivity contribution in [2.24, 2.45) is 5.92 Å². The van der Waals surface area contributed by atoms with Crippen LogP contribution in [0.3, 0.4) is 0 Å². The van der Waals surface area contributed by atoms with Gasteiger partial charge in [0.15, 0.2) is 0 Å². The monoisotopic (exact) mass is 267 g/mol. The van der Waals surface area contributed by atoms with Gasteiger partial charge in [0.25, 0.3) is 0 Å². The molecule has 1 N–H and O–H groups in total. The quantitative estimate of drug-likeness (QED) is 0.770. The molecule has 2 unspecified atom stereocenters. The van der Waals surface area contributed by atoms with E-state index >= 15 is 0 Å². The van der Waals surface area contributed by atoms with Gasteiger partial charge in [-0.05, 0) is 38.6 Å². The van der Waals surface area contributed by atoms with Crippen molar-refractivity contribution in [3.8, 4) is 0 Å². The fraction of sp³-hybridized carbons (Fsp3) is 1.00. The highest BCUT2D eigenvalue weighted by Gasteiger charge is 2.29. The molecule has 4 nitrogen and oxygen atoms in total. The van der Waals surface area contributed by atoms with Crippen LogP contribution in [0.5, 0.6) is 0 Å². The highest BCUT2D eigenvalue weighted by molar-refractivity contribution is 4.86. The summed E-state index contributed by atoms with van der Waals surface area (Å²) in [5.41, 5.74) is 0. The largest absolute Gasteiger partial charge is 0.379 e. The molecule has 0 aromatic carbocycles. The Balaban J connectivity index is 1.32. The van der Waals surface area contributed by atoms with Crippen LogP contribution in [0.4, 0.5) is 0 Å². The van der Waals surface area contributed by atoms with Crippen molar-refractivity contribution in [3.63, 3.8) is 0 Å². The molecule has 2 saturated heterocycles. The van der Waals surface area contributed by atoms with Crippen LogP contribution in [0, 0.1) is 5.92 Å². The van der Waals surface area contributed by atoms with E-state index in [2.05, 4.69) is 22.0 Å². The van der Waals surface area contributed by atoms with E-state index in [4.69, 9.17) is 4.74 Å². The molecular formula is C15H29N3O. The molecule has 0 bridgehead atoms. The third kappa shape index (κ3) is 3.91. The number of nitrogens with one attached hydrogen (secondary N) is 1. The Kier molecular flexibility index (Phi) is 4.74. The zero-order valence-electron chi connectivity index (χ0n) is 12.3. The van der Waals surface area contributed by atoms with Crippen LogP contribution in [-0.2, 0) is 4.74 Å². The van der Waals surface area contributed by atoms with Crippen molar-refractivity contribution in [3.05, 3.63) is 0 Å². The van der Waals surface area contributed by atoms with Gasteiger partial charge >= 0.3 is 0 Å². The Bertz CT molecular complexity index is 277. The van der Waals surface area contributed by atoms with Crippen LogP contribution in [0.1, 0.15) is 26.2 Å². The molecule has 1 aliphatic carbocycles. The summed E-state index contributed by atoms with van der Waals surface area (Å²) in [4.78, 5) is 5.26. The second-order valence-corrected chi connectivity index (χ2v) is 6.47. The molecule has 0 radical (unpaired) electrons. The van der Waals surface area contributed by atoms with Gasteiger partial charge in [0.2, 0.25) is 0 Å². The Morgan fingerprint density at radius 2 is 1.95 bits per heavy atom.